The van der Waals surface area contributed by atoms with E-state index in [0.717, 1.165) is 186 Å². The van der Waals surface area contributed by atoms with Crippen molar-refractivity contribution in [1.29, 1.82) is 0 Å². The number of hydrogen-bond donors (Lipinski definition) is 0. The molecule has 0 amide bonds. The van der Waals surface area contributed by atoms with Crippen molar-refractivity contribution in [2.75, 3.05) is 24.5 Å². The second kappa shape index (κ2) is 29.5. The van der Waals surface area contributed by atoms with Gasteiger partial charge in [-0.05, 0) is 205 Å². The average Bonchev–Trinajstić information content (AvgIpc) is 1.11. The first-order chi connectivity index (χ1) is 61.0. The van der Waals surface area contributed by atoms with Gasteiger partial charge in [-0.25, -0.2) is 0 Å². The van der Waals surface area contributed by atoms with E-state index >= 15 is 0 Å². The number of hydrogen-bond acceptors (Lipinski definition) is 6. The van der Waals surface area contributed by atoms with E-state index in [1.54, 1.807) is 0 Å². The molecule has 19 aromatic carbocycles. The molecule has 0 aliphatic carbocycles. The number of para-hydroxylation sites is 8. The van der Waals surface area contributed by atoms with Crippen LogP contribution in [0.15, 0.2) is 461 Å². The summed E-state index contributed by atoms with van der Waals surface area (Å²) in [7, 11) is 0. The molecule has 0 saturated heterocycles. The van der Waals surface area contributed by atoms with Gasteiger partial charge in [0.15, 0.2) is 0 Å². The fraction of sp³-hybridized carbons (Fsp3) is 0. The summed E-state index contributed by atoms with van der Waals surface area (Å²) in [6, 6.07) is 170. The molecule has 0 saturated carbocycles. The minimum absolute atomic E-state index is 0.332. The zero-order chi connectivity index (χ0) is 81.0. The third-order valence-electron chi connectivity index (χ3n) is 25.3. The normalized spacial score (nSPS) is 12.5. The molecule has 0 N–H and O–H groups in total. The van der Waals surface area contributed by atoms with E-state index in [2.05, 4.69) is 490 Å². The smallest absolute Gasteiger partial charge is 0.256 e. The minimum atomic E-state index is -0.346. The van der Waals surface area contributed by atoms with Crippen LogP contribution in [-0.4, -0.2) is 18.0 Å². The lowest BCUT2D eigenvalue weighted by Crippen LogP contribution is -2.64. The summed E-state index contributed by atoms with van der Waals surface area (Å²) < 4.78 is 10.7. The molecule has 24 rings (SSSR count). The van der Waals surface area contributed by atoms with Crippen LogP contribution in [-0.2, 0) is 0 Å². The van der Waals surface area contributed by atoms with Crippen molar-refractivity contribution >= 4 is 153 Å². The Bertz CT molecular complexity index is 7490. The van der Waals surface area contributed by atoms with Crippen LogP contribution < -0.4 is 62.0 Å². The van der Waals surface area contributed by atoms with Crippen LogP contribution in [0.3, 0.4) is 0 Å². The van der Waals surface area contributed by atoms with Crippen LogP contribution in [0, 0.1) is 0 Å². The van der Waals surface area contributed by atoms with Crippen molar-refractivity contribution in [2.24, 2.45) is 0 Å². The van der Waals surface area contributed by atoms with Gasteiger partial charge in [0.25, 0.3) is 13.4 Å². The quantitative estimate of drug-likeness (QED) is 0.0951. The molecule has 0 spiro atoms. The molecule has 0 atom stereocenters. The van der Waals surface area contributed by atoms with Crippen molar-refractivity contribution in [2.45, 2.75) is 0 Å². The molecular weight excluding hydrogens is 1490 g/mol. The van der Waals surface area contributed by atoms with Gasteiger partial charge >= 0.3 is 0 Å². The highest BCUT2D eigenvalue weighted by Crippen LogP contribution is 2.54. The van der Waals surface area contributed by atoms with E-state index in [0.29, 0.717) is 0 Å². The van der Waals surface area contributed by atoms with Gasteiger partial charge in [-0.2, -0.15) is 0 Å². The lowest BCUT2D eigenvalue weighted by Gasteiger charge is -2.46. The highest BCUT2D eigenvalue weighted by Gasteiger charge is 2.49. The molecular formula is C114H76B2N6O. The van der Waals surface area contributed by atoms with Gasteiger partial charge in [0.05, 0.1) is 28.1 Å². The molecule has 0 unspecified atom stereocenters. The number of nitrogens with zero attached hydrogens (tertiary/aromatic N) is 6. The van der Waals surface area contributed by atoms with Gasteiger partial charge in [0, 0.05) is 108 Å². The Morgan fingerprint density at radius 3 is 1.11 bits per heavy atom. The van der Waals surface area contributed by atoms with E-state index in [4.69, 9.17) is 4.74 Å². The number of anilines is 15. The van der Waals surface area contributed by atoms with Crippen LogP contribution in [0.25, 0.3) is 83.1 Å². The molecule has 4 aliphatic heterocycles. The molecule has 0 bridgehead atoms. The van der Waals surface area contributed by atoms with Gasteiger partial charge in [-0.1, -0.05) is 322 Å². The fourth-order valence-corrected chi connectivity index (χ4v) is 20.0. The topological polar surface area (TPSA) is 30.4 Å². The third-order valence-corrected chi connectivity index (χ3v) is 25.3. The Labute approximate surface area is 716 Å². The highest BCUT2D eigenvalue weighted by atomic mass is 16.5. The Morgan fingerprint density at radius 2 is 0.585 bits per heavy atom. The third kappa shape index (κ3) is 11.9. The second-order valence-electron chi connectivity index (χ2n) is 32.2. The lowest BCUT2D eigenvalue weighted by atomic mass is 9.30. The molecule has 0 fully saturated rings. The summed E-state index contributed by atoms with van der Waals surface area (Å²) >= 11 is 0. The predicted molar refractivity (Wildman–Crippen MR) is 517 cm³/mol. The summed E-state index contributed by atoms with van der Waals surface area (Å²) in [5, 5.41) is 2.36. The SMILES string of the molecule is c1ccc(-c2cccc(N(c3ccccc3)c3cc4c5c(c3)N(c3ccccc3)c3cc(-c6ccccc6)ccc3B5c3cc5c(cc3O4)N(c3ccccc3-c3cccc4c6ccccc6n(-c6ccccc6)c34)c3cc(N(c4ccccc4)c4cccc(-c6ccccc6)c4)cc4c3B5c3ccc(-c5ccccc5)cc3N4c3ccccc3)c2)cc1. The monoisotopic (exact) mass is 1570 g/mol. The summed E-state index contributed by atoms with van der Waals surface area (Å²) in [5.41, 5.74) is 36.9. The summed E-state index contributed by atoms with van der Waals surface area (Å²) in [4.78, 5) is 12.6. The number of benzene rings is 19. The van der Waals surface area contributed by atoms with Crippen LogP contribution >= 0.6 is 0 Å². The maximum Gasteiger partial charge on any atom is 0.256 e. The van der Waals surface area contributed by atoms with Crippen LogP contribution in [0.5, 0.6) is 11.5 Å². The van der Waals surface area contributed by atoms with Crippen LogP contribution in [0.1, 0.15) is 0 Å². The first kappa shape index (κ1) is 71.1. The van der Waals surface area contributed by atoms with Gasteiger partial charge in [-0.3, -0.25) is 0 Å². The average molecular weight is 1570 g/mol. The van der Waals surface area contributed by atoms with Gasteiger partial charge in [0.1, 0.15) is 11.5 Å². The van der Waals surface area contributed by atoms with Crippen molar-refractivity contribution in [3.8, 4) is 72.8 Å². The number of rotatable bonds is 15. The molecule has 5 heterocycles. The Morgan fingerprint density at radius 1 is 0.203 bits per heavy atom. The predicted octanol–water partition coefficient (Wildman–Crippen LogP) is 26.5. The van der Waals surface area contributed by atoms with Crippen LogP contribution in [0.4, 0.5) is 85.3 Å². The lowest BCUT2D eigenvalue weighted by molar-refractivity contribution is 0.488. The van der Waals surface area contributed by atoms with Crippen molar-refractivity contribution in [3.05, 3.63) is 461 Å². The molecule has 7 nitrogen and oxygen atoms in total. The molecule has 1 aromatic heterocycles. The van der Waals surface area contributed by atoms with E-state index in [1.807, 2.05) is 0 Å². The summed E-state index contributed by atoms with van der Waals surface area (Å²) in [5.74, 6) is 1.55. The zero-order valence-corrected chi connectivity index (χ0v) is 67.1. The zero-order valence-electron chi connectivity index (χ0n) is 67.1. The molecule has 0 radical (unpaired) electrons. The van der Waals surface area contributed by atoms with Gasteiger partial charge in [0.2, 0.25) is 0 Å². The van der Waals surface area contributed by atoms with E-state index in [1.165, 1.54) is 27.2 Å². The molecule has 123 heavy (non-hydrogen) atoms. The molecule has 574 valence electrons. The number of aromatic nitrogens is 1. The summed E-state index contributed by atoms with van der Waals surface area (Å²) in [6.45, 7) is -0.678. The maximum atomic E-state index is 8.22. The van der Waals surface area contributed by atoms with Gasteiger partial charge < -0.3 is 33.8 Å². The number of ether oxygens (including phenoxy) is 1. The largest absolute Gasteiger partial charge is 0.458 e. The first-order valence-electron chi connectivity index (χ1n) is 42.3. The standard InChI is InChI=1S/C114H76B2N6O/c1-10-35-77(36-11-1)81-43-32-55-90(67-81)117(85-45-18-5-19-46-85)92-71-107-112-108(72-92)122(103-62-31-29-58-95(103)97-60-34-59-96-94-57-28-30-61-102(94)121(114(96)97)89-53-26-9-27-54-89)106-76-110-101(75-100(106)115(112)98-65-63-83(79-39-14-3-15-40-79)69-104(98)119(107)87-49-22-7-23-50-87)116-99-66-64-84(80-41-16-4-17-42-80)70-105(99)120(88-51-24-8-25-52-88)109-73-93(74-111(123-110)113(109)116)118(86-47-20-6-21-48-86)91-56-33-44-82(68-91)78-37-12-2-13-38-78/h1-76H. The Kier molecular flexibility index (Phi) is 17.0. The Balaban J connectivity index is 0.824. The summed E-state index contributed by atoms with van der Waals surface area (Å²) in [6.07, 6.45) is 0. The van der Waals surface area contributed by atoms with Crippen molar-refractivity contribution in [1.82, 2.24) is 4.57 Å². The molecule has 4 aliphatic rings. The van der Waals surface area contributed by atoms with Crippen LogP contribution in [0.2, 0.25) is 0 Å². The number of fused-ring (bicyclic) bond motifs is 11. The fourth-order valence-electron chi connectivity index (χ4n) is 20.0. The maximum absolute atomic E-state index is 8.22. The second-order valence-corrected chi connectivity index (χ2v) is 32.2. The highest BCUT2D eigenvalue weighted by molar-refractivity contribution is 7.02. The van der Waals surface area contributed by atoms with E-state index < -0.39 is 0 Å². The minimum Gasteiger partial charge on any atom is -0.458 e. The van der Waals surface area contributed by atoms with Crippen molar-refractivity contribution in [3.63, 3.8) is 0 Å². The van der Waals surface area contributed by atoms with E-state index in [9.17, 15) is 0 Å². The molecule has 20 aromatic rings. The van der Waals surface area contributed by atoms with Gasteiger partial charge in [-0.15, -0.1) is 0 Å². The van der Waals surface area contributed by atoms with Crippen molar-refractivity contribution < 1.29 is 4.74 Å². The molecule has 9 heteroatoms. The Hall–Kier alpha value is -16.1. The first-order valence-corrected chi connectivity index (χ1v) is 42.3. The van der Waals surface area contributed by atoms with E-state index in [-0.39, 0.29) is 13.4 Å².